The van der Waals surface area contributed by atoms with Crippen LogP contribution in [-0.4, -0.2) is 70.0 Å². The fourth-order valence-electron chi connectivity index (χ4n) is 7.08. The molecule has 1 N–H and O–H groups in total. The number of piperazine rings is 1. The predicted octanol–water partition coefficient (Wildman–Crippen LogP) is 3.86. The van der Waals surface area contributed by atoms with Gasteiger partial charge in [-0.2, -0.15) is 0 Å². The molecule has 3 aromatic carbocycles. The van der Waals surface area contributed by atoms with Gasteiger partial charge in [0.05, 0.1) is 6.04 Å². The minimum atomic E-state index is -0.549. The third-order valence-electron chi connectivity index (χ3n) is 8.94. The molecule has 40 heavy (non-hydrogen) atoms. The Morgan fingerprint density at radius 1 is 0.925 bits per heavy atom. The van der Waals surface area contributed by atoms with Gasteiger partial charge in [0.15, 0.2) is 11.5 Å². The molecule has 2 fully saturated rings. The lowest BCUT2D eigenvalue weighted by Gasteiger charge is -2.48. The molecular formula is C32H30N4O4. The Kier molecular flexibility index (Phi) is 5.38. The number of ether oxygens (including phenoxy) is 2. The summed E-state index contributed by atoms with van der Waals surface area (Å²) >= 11 is 0. The number of likely N-dealkylation sites (tertiary alicyclic amines) is 1. The molecule has 202 valence electrons. The molecule has 4 aliphatic rings. The molecule has 0 spiro atoms. The topological polar surface area (TPSA) is 78.1 Å². The molecule has 4 aromatic rings. The van der Waals surface area contributed by atoms with E-state index in [1.165, 1.54) is 5.56 Å². The zero-order chi connectivity index (χ0) is 26.8. The third-order valence-corrected chi connectivity index (χ3v) is 8.94. The van der Waals surface area contributed by atoms with Gasteiger partial charge in [-0.15, -0.1) is 0 Å². The fourth-order valence-corrected chi connectivity index (χ4v) is 7.08. The lowest BCUT2D eigenvalue weighted by molar-refractivity contribution is -0.160. The number of carbonyl (C=O) groups excluding carboxylic acids is 2. The van der Waals surface area contributed by atoms with Crippen LogP contribution >= 0.6 is 0 Å². The van der Waals surface area contributed by atoms with Crippen molar-refractivity contribution in [2.24, 2.45) is 0 Å². The molecule has 8 heteroatoms. The molecule has 1 aromatic heterocycles. The summed E-state index contributed by atoms with van der Waals surface area (Å²) in [5, 5.41) is 1.11. The summed E-state index contributed by atoms with van der Waals surface area (Å²) in [6, 6.07) is 23.5. The van der Waals surface area contributed by atoms with Gasteiger partial charge in [0, 0.05) is 48.7 Å². The van der Waals surface area contributed by atoms with Crippen LogP contribution in [0.2, 0.25) is 0 Å². The predicted molar refractivity (Wildman–Crippen MR) is 149 cm³/mol. The number of nitrogens with zero attached hydrogens (tertiary/aromatic N) is 3. The first-order valence-electron chi connectivity index (χ1n) is 14.0. The van der Waals surface area contributed by atoms with Gasteiger partial charge < -0.3 is 24.3 Å². The number of carbonyl (C=O) groups is 2. The van der Waals surface area contributed by atoms with E-state index in [4.69, 9.17) is 9.47 Å². The Morgan fingerprint density at radius 2 is 1.75 bits per heavy atom. The molecule has 0 bridgehead atoms. The fraction of sp³-hybridized carbons (Fsp3) is 0.312. The van der Waals surface area contributed by atoms with Crippen LogP contribution in [0, 0.1) is 0 Å². The van der Waals surface area contributed by atoms with Crippen LogP contribution in [0.3, 0.4) is 0 Å². The number of fused-ring (bicyclic) bond motifs is 5. The van der Waals surface area contributed by atoms with Gasteiger partial charge in [-0.05, 0) is 41.3 Å². The Labute approximate surface area is 232 Å². The minimum Gasteiger partial charge on any atom is -0.454 e. The van der Waals surface area contributed by atoms with E-state index in [0.29, 0.717) is 17.9 Å². The van der Waals surface area contributed by atoms with Gasteiger partial charge in [0.2, 0.25) is 18.6 Å². The van der Waals surface area contributed by atoms with Gasteiger partial charge >= 0.3 is 0 Å². The maximum absolute atomic E-state index is 14.2. The standard InChI is InChI=1S/C32H30N4O4/c37-29-18-35(22-12-13-34(17-22)16-20-6-2-1-3-7-20)32(38)26-15-24-23-8-4-5-9-25(23)33-30(24)31(36(26)29)21-10-11-27-28(14-21)40-19-39-27/h1-11,14,22,26,31,33H,12-13,15-19H2/t22-,26-,31-/m1/s1. The zero-order valence-electron chi connectivity index (χ0n) is 22.1. The SMILES string of the molecule is O=C1[C@H]2Cc3c([nH]c4ccccc34)[C@@H](c3ccc4c(c3)OCO4)N2C(=O)CN1[C@@H]1CCN(Cc2ccccc2)C1. The van der Waals surface area contributed by atoms with Crippen molar-refractivity contribution in [1.82, 2.24) is 19.7 Å². The molecular weight excluding hydrogens is 504 g/mol. The van der Waals surface area contributed by atoms with E-state index in [0.717, 1.165) is 53.8 Å². The molecule has 0 saturated carbocycles. The van der Waals surface area contributed by atoms with E-state index in [1.54, 1.807) is 0 Å². The van der Waals surface area contributed by atoms with Crippen LogP contribution in [0.25, 0.3) is 10.9 Å². The normalized spacial score (nSPS) is 24.1. The number of amides is 2. The van der Waals surface area contributed by atoms with Crippen LogP contribution in [-0.2, 0) is 22.6 Å². The van der Waals surface area contributed by atoms with E-state index in [9.17, 15) is 9.59 Å². The van der Waals surface area contributed by atoms with Crippen molar-refractivity contribution in [3.8, 4) is 11.5 Å². The molecule has 3 atom stereocenters. The van der Waals surface area contributed by atoms with Crippen LogP contribution in [0.4, 0.5) is 0 Å². The summed E-state index contributed by atoms with van der Waals surface area (Å²) in [6.45, 7) is 2.84. The van der Waals surface area contributed by atoms with Crippen molar-refractivity contribution < 1.29 is 19.1 Å². The second-order valence-corrected chi connectivity index (χ2v) is 11.2. The van der Waals surface area contributed by atoms with Crippen molar-refractivity contribution in [2.45, 2.75) is 37.5 Å². The van der Waals surface area contributed by atoms with Gasteiger partial charge in [-0.25, -0.2) is 0 Å². The number of aromatic amines is 1. The average Bonchev–Trinajstić information content (AvgIpc) is 3.72. The van der Waals surface area contributed by atoms with Gasteiger partial charge in [-0.1, -0.05) is 54.6 Å². The molecule has 4 aliphatic heterocycles. The van der Waals surface area contributed by atoms with Crippen molar-refractivity contribution >= 4 is 22.7 Å². The van der Waals surface area contributed by atoms with E-state index < -0.39 is 12.1 Å². The number of benzene rings is 3. The summed E-state index contributed by atoms with van der Waals surface area (Å²) in [5.41, 5.74) is 5.27. The lowest BCUT2D eigenvalue weighted by atomic mass is 9.85. The first kappa shape index (κ1) is 23.6. The van der Waals surface area contributed by atoms with Gasteiger partial charge in [0.25, 0.3) is 0 Å². The third kappa shape index (κ3) is 3.70. The Balaban J connectivity index is 1.14. The van der Waals surface area contributed by atoms with E-state index in [2.05, 4.69) is 46.3 Å². The number of nitrogens with one attached hydrogen (secondary N) is 1. The number of aromatic nitrogens is 1. The average molecular weight is 535 g/mol. The highest BCUT2D eigenvalue weighted by atomic mass is 16.7. The van der Waals surface area contributed by atoms with Crippen LogP contribution in [0.1, 0.15) is 34.8 Å². The molecule has 8 nitrogen and oxygen atoms in total. The largest absolute Gasteiger partial charge is 0.454 e. The molecule has 2 saturated heterocycles. The Hall–Kier alpha value is -4.30. The first-order chi connectivity index (χ1) is 19.6. The lowest BCUT2D eigenvalue weighted by Crippen LogP contribution is -2.65. The highest BCUT2D eigenvalue weighted by Gasteiger charge is 2.50. The van der Waals surface area contributed by atoms with Crippen LogP contribution in [0.5, 0.6) is 11.5 Å². The summed E-state index contributed by atoms with van der Waals surface area (Å²) in [5.74, 6) is 1.39. The molecule has 0 radical (unpaired) electrons. The van der Waals surface area contributed by atoms with Crippen molar-refractivity contribution in [3.63, 3.8) is 0 Å². The number of hydrogen-bond acceptors (Lipinski definition) is 5. The van der Waals surface area contributed by atoms with Gasteiger partial charge in [-0.3, -0.25) is 14.5 Å². The Bertz CT molecular complexity index is 1630. The second kappa shape index (κ2) is 9.13. The van der Waals surface area contributed by atoms with Crippen LogP contribution < -0.4 is 9.47 Å². The Morgan fingerprint density at radius 3 is 2.65 bits per heavy atom. The van der Waals surface area contributed by atoms with Crippen molar-refractivity contribution in [3.05, 3.63) is 95.2 Å². The van der Waals surface area contributed by atoms with Crippen LogP contribution in [0.15, 0.2) is 72.8 Å². The minimum absolute atomic E-state index is 0.0157. The van der Waals surface area contributed by atoms with E-state index in [-0.39, 0.29) is 31.2 Å². The summed E-state index contributed by atoms with van der Waals surface area (Å²) in [4.78, 5) is 37.9. The maximum Gasteiger partial charge on any atom is 0.246 e. The molecule has 8 rings (SSSR count). The number of rotatable bonds is 4. The highest BCUT2D eigenvalue weighted by molar-refractivity contribution is 5.98. The number of hydrogen-bond donors (Lipinski definition) is 1. The monoisotopic (exact) mass is 534 g/mol. The van der Waals surface area contributed by atoms with E-state index >= 15 is 0 Å². The summed E-state index contributed by atoms with van der Waals surface area (Å²) in [6.07, 6.45) is 1.38. The first-order valence-corrected chi connectivity index (χ1v) is 14.0. The highest BCUT2D eigenvalue weighted by Crippen LogP contribution is 2.45. The van der Waals surface area contributed by atoms with E-state index in [1.807, 2.05) is 46.2 Å². The molecule has 2 amide bonds. The summed E-state index contributed by atoms with van der Waals surface area (Å²) in [7, 11) is 0. The zero-order valence-corrected chi connectivity index (χ0v) is 22.1. The van der Waals surface area contributed by atoms with Gasteiger partial charge in [0.1, 0.15) is 12.6 Å². The molecule has 5 heterocycles. The van der Waals surface area contributed by atoms with Crippen molar-refractivity contribution in [1.29, 1.82) is 0 Å². The number of para-hydroxylation sites is 1. The maximum atomic E-state index is 14.2. The molecule has 0 unspecified atom stereocenters. The van der Waals surface area contributed by atoms with Crippen molar-refractivity contribution in [2.75, 3.05) is 26.4 Å². The number of H-pyrrole nitrogens is 1. The molecule has 0 aliphatic carbocycles. The smallest absolute Gasteiger partial charge is 0.246 e. The second-order valence-electron chi connectivity index (χ2n) is 11.2. The summed E-state index contributed by atoms with van der Waals surface area (Å²) < 4.78 is 11.2. The quantitative estimate of drug-likeness (QED) is 0.430.